The Morgan fingerprint density at radius 1 is 0.909 bits per heavy atom. The Morgan fingerprint density at radius 3 is 2.41 bits per heavy atom. The predicted octanol–water partition coefficient (Wildman–Crippen LogP) is 5.03. The van der Waals surface area contributed by atoms with Gasteiger partial charge >= 0.3 is 0 Å². The normalized spacial score (nSPS) is 10.9. The van der Waals surface area contributed by atoms with Crippen LogP contribution in [0.25, 0.3) is 23.3 Å². The summed E-state index contributed by atoms with van der Waals surface area (Å²) in [7, 11) is 0. The van der Waals surface area contributed by atoms with Crippen LogP contribution in [0.5, 0.6) is 0 Å². The van der Waals surface area contributed by atoms with Crippen LogP contribution in [0.3, 0.4) is 0 Å². The molecule has 0 unspecified atom stereocenters. The van der Waals surface area contributed by atoms with E-state index in [1.807, 2.05) is 48.6 Å². The predicted molar refractivity (Wildman–Crippen MR) is 86.2 cm³/mol. The SMILES string of the molecule is O=[N+]([O-])c1ccc(-c2cccc(C=Cc3ccco3)c2)cc1. The summed E-state index contributed by atoms with van der Waals surface area (Å²) < 4.78 is 5.26. The van der Waals surface area contributed by atoms with E-state index >= 15 is 0 Å². The molecule has 0 atom stereocenters. The lowest BCUT2D eigenvalue weighted by molar-refractivity contribution is -0.384. The standard InChI is InChI=1S/C18H13NO3/c20-19(21)17-9-7-15(8-10-17)16-4-1-3-14(13-16)6-11-18-5-2-12-22-18/h1-13H. The highest BCUT2D eigenvalue weighted by molar-refractivity contribution is 5.72. The van der Waals surface area contributed by atoms with Gasteiger partial charge in [-0.1, -0.05) is 24.3 Å². The molecule has 0 aliphatic rings. The Bertz CT molecular complexity index is 803. The highest BCUT2D eigenvalue weighted by atomic mass is 16.6. The van der Waals surface area contributed by atoms with Crippen molar-refractivity contribution < 1.29 is 9.34 Å². The molecule has 0 aliphatic carbocycles. The second-order valence-electron chi connectivity index (χ2n) is 4.78. The zero-order chi connectivity index (χ0) is 15.4. The summed E-state index contributed by atoms with van der Waals surface area (Å²) in [5.41, 5.74) is 3.08. The van der Waals surface area contributed by atoms with Gasteiger partial charge in [0.2, 0.25) is 0 Å². The number of hydrogen-bond donors (Lipinski definition) is 0. The van der Waals surface area contributed by atoms with Crippen LogP contribution in [0.4, 0.5) is 5.69 Å². The molecule has 3 aromatic rings. The molecule has 0 fully saturated rings. The smallest absolute Gasteiger partial charge is 0.269 e. The number of nitro groups is 1. The second kappa shape index (κ2) is 6.10. The van der Waals surface area contributed by atoms with Gasteiger partial charge in [0.05, 0.1) is 11.2 Å². The Kier molecular flexibility index (Phi) is 3.83. The monoisotopic (exact) mass is 291 g/mol. The van der Waals surface area contributed by atoms with Gasteiger partial charge in [0, 0.05) is 12.1 Å². The topological polar surface area (TPSA) is 56.3 Å². The van der Waals surface area contributed by atoms with Gasteiger partial charge in [-0.2, -0.15) is 0 Å². The van der Waals surface area contributed by atoms with Gasteiger partial charge in [-0.3, -0.25) is 10.1 Å². The summed E-state index contributed by atoms with van der Waals surface area (Å²) in [5, 5.41) is 10.7. The number of rotatable bonds is 4. The molecule has 0 aliphatic heterocycles. The molecular formula is C18H13NO3. The molecule has 0 saturated heterocycles. The number of nitrogens with zero attached hydrogens (tertiary/aromatic N) is 1. The Balaban J connectivity index is 1.85. The molecule has 2 aromatic carbocycles. The number of nitro benzene ring substituents is 1. The Hall–Kier alpha value is -3.14. The second-order valence-corrected chi connectivity index (χ2v) is 4.78. The number of furan rings is 1. The molecule has 0 saturated carbocycles. The molecule has 4 heteroatoms. The maximum Gasteiger partial charge on any atom is 0.269 e. The molecule has 3 rings (SSSR count). The third kappa shape index (κ3) is 3.12. The van der Waals surface area contributed by atoms with E-state index in [-0.39, 0.29) is 5.69 Å². The Morgan fingerprint density at radius 2 is 1.73 bits per heavy atom. The van der Waals surface area contributed by atoms with E-state index in [0.717, 1.165) is 22.5 Å². The van der Waals surface area contributed by atoms with Gasteiger partial charge in [-0.05, 0) is 53.1 Å². The van der Waals surface area contributed by atoms with Crippen molar-refractivity contribution in [2.24, 2.45) is 0 Å². The van der Waals surface area contributed by atoms with E-state index in [9.17, 15) is 10.1 Å². The highest BCUT2D eigenvalue weighted by Gasteiger charge is 2.05. The first kappa shape index (κ1) is 13.8. The average Bonchev–Trinajstić information content (AvgIpc) is 3.07. The molecule has 22 heavy (non-hydrogen) atoms. The lowest BCUT2D eigenvalue weighted by Gasteiger charge is -2.03. The summed E-state index contributed by atoms with van der Waals surface area (Å²) in [6.07, 6.45) is 5.50. The van der Waals surface area contributed by atoms with Crippen LogP contribution in [0.15, 0.2) is 71.3 Å². The molecule has 0 bridgehead atoms. The molecule has 1 heterocycles. The van der Waals surface area contributed by atoms with E-state index in [1.165, 1.54) is 12.1 Å². The fraction of sp³-hybridized carbons (Fsp3) is 0. The summed E-state index contributed by atoms with van der Waals surface area (Å²) in [5.74, 6) is 0.792. The third-order valence-corrected chi connectivity index (χ3v) is 3.28. The molecule has 0 amide bonds. The van der Waals surface area contributed by atoms with Crippen molar-refractivity contribution in [3.8, 4) is 11.1 Å². The maximum atomic E-state index is 10.7. The minimum Gasteiger partial charge on any atom is -0.465 e. The first-order valence-corrected chi connectivity index (χ1v) is 6.79. The highest BCUT2D eigenvalue weighted by Crippen LogP contribution is 2.24. The summed E-state index contributed by atoms with van der Waals surface area (Å²) in [6, 6.07) is 18.2. The summed E-state index contributed by atoms with van der Waals surface area (Å²) in [6.45, 7) is 0. The first-order chi connectivity index (χ1) is 10.7. The van der Waals surface area contributed by atoms with Gasteiger partial charge in [-0.25, -0.2) is 0 Å². The molecular weight excluding hydrogens is 278 g/mol. The van der Waals surface area contributed by atoms with E-state index < -0.39 is 4.92 Å². The zero-order valence-corrected chi connectivity index (χ0v) is 11.7. The van der Waals surface area contributed by atoms with Crippen molar-refractivity contribution in [3.05, 3.63) is 88.4 Å². The molecule has 0 radical (unpaired) electrons. The van der Waals surface area contributed by atoms with Crippen molar-refractivity contribution in [2.45, 2.75) is 0 Å². The van der Waals surface area contributed by atoms with Crippen LogP contribution >= 0.6 is 0 Å². The van der Waals surface area contributed by atoms with Crippen LogP contribution in [-0.4, -0.2) is 4.92 Å². The van der Waals surface area contributed by atoms with Crippen LogP contribution in [0, 0.1) is 10.1 Å². The first-order valence-electron chi connectivity index (χ1n) is 6.79. The van der Waals surface area contributed by atoms with Crippen molar-refractivity contribution in [3.63, 3.8) is 0 Å². The minimum atomic E-state index is -0.397. The average molecular weight is 291 g/mol. The quantitative estimate of drug-likeness (QED) is 0.500. The lowest BCUT2D eigenvalue weighted by atomic mass is 10.0. The van der Waals surface area contributed by atoms with Gasteiger partial charge in [0.25, 0.3) is 5.69 Å². The van der Waals surface area contributed by atoms with E-state index in [1.54, 1.807) is 18.4 Å². The van der Waals surface area contributed by atoms with Crippen molar-refractivity contribution >= 4 is 17.8 Å². The maximum absolute atomic E-state index is 10.7. The van der Waals surface area contributed by atoms with Gasteiger partial charge in [0.1, 0.15) is 5.76 Å². The zero-order valence-electron chi connectivity index (χ0n) is 11.7. The van der Waals surface area contributed by atoms with Gasteiger partial charge < -0.3 is 4.42 Å². The van der Waals surface area contributed by atoms with Gasteiger partial charge in [0.15, 0.2) is 0 Å². The summed E-state index contributed by atoms with van der Waals surface area (Å²) >= 11 is 0. The van der Waals surface area contributed by atoms with Crippen LogP contribution < -0.4 is 0 Å². The van der Waals surface area contributed by atoms with Crippen molar-refractivity contribution in [2.75, 3.05) is 0 Å². The summed E-state index contributed by atoms with van der Waals surface area (Å²) in [4.78, 5) is 10.3. The molecule has 1 aromatic heterocycles. The minimum absolute atomic E-state index is 0.0950. The third-order valence-electron chi connectivity index (χ3n) is 3.28. The van der Waals surface area contributed by atoms with E-state index in [2.05, 4.69) is 0 Å². The largest absolute Gasteiger partial charge is 0.465 e. The van der Waals surface area contributed by atoms with E-state index in [4.69, 9.17) is 4.42 Å². The van der Waals surface area contributed by atoms with Crippen LogP contribution in [0.1, 0.15) is 11.3 Å². The van der Waals surface area contributed by atoms with Crippen LogP contribution in [-0.2, 0) is 0 Å². The van der Waals surface area contributed by atoms with Crippen LogP contribution in [0.2, 0.25) is 0 Å². The molecule has 108 valence electrons. The number of benzene rings is 2. The van der Waals surface area contributed by atoms with Crippen molar-refractivity contribution in [1.82, 2.24) is 0 Å². The fourth-order valence-electron chi connectivity index (χ4n) is 2.16. The van der Waals surface area contributed by atoms with E-state index in [0.29, 0.717) is 0 Å². The Labute approximate surface area is 127 Å². The molecule has 4 nitrogen and oxygen atoms in total. The fourth-order valence-corrected chi connectivity index (χ4v) is 2.16. The molecule has 0 spiro atoms. The van der Waals surface area contributed by atoms with Crippen molar-refractivity contribution in [1.29, 1.82) is 0 Å². The number of non-ortho nitro benzene ring substituents is 1. The van der Waals surface area contributed by atoms with Gasteiger partial charge in [-0.15, -0.1) is 0 Å². The molecule has 0 N–H and O–H groups in total. The lowest BCUT2D eigenvalue weighted by Crippen LogP contribution is -1.87. The number of hydrogen-bond acceptors (Lipinski definition) is 3.